The Morgan fingerprint density at radius 3 is 2.43 bits per heavy atom. The molecule has 0 saturated carbocycles. The molecule has 7 heteroatoms. The van der Waals surface area contributed by atoms with Gasteiger partial charge in [-0.1, -0.05) is 12.1 Å². The van der Waals surface area contributed by atoms with Crippen molar-refractivity contribution in [2.75, 3.05) is 6.54 Å². The second-order valence-electron chi connectivity index (χ2n) is 6.15. The number of nitrogens with zero attached hydrogens (tertiary/aromatic N) is 4. The van der Waals surface area contributed by atoms with Gasteiger partial charge in [0.05, 0.1) is 22.4 Å². The van der Waals surface area contributed by atoms with E-state index in [1.54, 1.807) is 42.7 Å². The van der Waals surface area contributed by atoms with Crippen molar-refractivity contribution in [2.24, 2.45) is 0 Å². The highest BCUT2D eigenvalue weighted by molar-refractivity contribution is 7.11. The Bertz CT molecular complexity index is 1090. The second-order valence-corrected chi connectivity index (χ2v) is 7.01. The van der Waals surface area contributed by atoms with E-state index in [2.05, 4.69) is 16.0 Å². The molecule has 0 radical (unpaired) electrons. The van der Waals surface area contributed by atoms with Gasteiger partial charge in [0.25, 0.3) is 11.8 Å². The first-order valence-corrected chi connectivity index (χ1v) is 9.47. The fourth-order valence-electron chi connectivity index (χ4n) is 2.98. The molecule has 2 aromatic heterocycles. The third-order valence-electron chi connectivity index (χ3n) is 4.39. The van der Waals surface area contributed by atoms with Crippen LogP contribution in [0, 0.1) is 11.3 Å². The Morgan fingerprint density at radius 2 is 1.79 bits per heavy atom. The first kappa shape index (κ1) is 17.8. The van der Waals surface area contributed by atoms with Crippen molar-refractivity contribution < 1.29 is 9.59 Å². The Hall–Kier alpha value is -3.63. The number of hydrogen-bond donors (Lipinski definition) is 0. The first-order chi connectivity index (χ1) is 13.7. The normalized spacial score (nSPS) is 13.5. The summed E-state index contributed by atoms with van der Waals surface area (Å²) in [5.74, 6) is -0.544. The van der Waals surface area contributed by atoms with Crippen molar-refractivity contribution in [3.63, 3.8) is 0 Å². The molecule has 1 aliphatic heterocycles. The van der Waals surface area contributed by atoms with Crippen LogP contribution in [0.5, 0.6) is 0 Å². The molecule has 4 rings (SSSR count). The molecule has 2 amide bonds. The predicted octanol–water partition coefficient (Wildman–Crippen LogP) is 3.44. The molecule has 1 aliphatic rings. The molecule has 0 aliphatic carbocycles. The van der Waals surface area contributed by atoms with E-state index in [4.69, 9.17) is 0 Å². The van der Waals surface area contributed by atoms with E-state index in [9.17, 15) is 14.9 Å². The lowest BCUT2D eigenvalue weighted by Gasteiger charge is -2.12. The number of thiazole rings is 1. The summed E-state index contributed by atoms with van der Waals surface area (Å²) in [4.78, 5) is 34.6. The zero-order valence-corrected chi connectivity index (χ0v) is 15.5. The SMILES string of the molecule is N#CC(=Cc1ccncc1)c1nc(CCN2C(=O)c3ccccc3C2=O)cs1. The van der Waals surface area contributed by atoms with E-state index < -0.39 is 0 Å². The molecular formula is C21H14N4O2S. The van der Waals surface area contributed by atoms with Crippen LogP contribution in [0.25, 0.3) is 11.6 Å². The summed E-state index contributed by atoms with van der Waals surface area (Å²) >= 11 is 1.37. The van der Waals surface area contributed by atoms with Gasteiger partial charge in [-0.25, -0.2) is 4.98 Å². The summed E-state index contributed by atoms with van der Waals surface area (Å²) in [5.41, 5.74) is 2.96. The average molecular weight is 386 g/mol. The largest absolute Gasteiger partial charge is 0.274 e. The maximum Gasteiger partial charge on any atom is 0.261 e. The van der Waals surface area contributed by atoms with Gasteiger partial charge in [-0.3, -0.25) is 19.5 Å². The van der Waals surface area contributed by atoms with Crippen molar-refractivity contribution >= 4 is 34.8 Å². The summed E-state index contributed by atoms with van der Waals surface area (Å²) in [6.07, 6.45) is 5.52. The highest BCUT2D eigenvalue weighted by atomic mass is 32.1. The Labute approximate surface area is 165 Å². The molecule has 3 heterocycles. The smallest absolute Gasteiger partial charge is 0.261 e. The zero-order chi connectivity index (χ0) is 19.5. The average Bonchev–Trinajstić information content (AvgIpc) is 3.29. The molecule has 3 aromatic rings. The van der Waals surface area contributed by atoms with Crippen LogP contribution in [0.2, 0.25) is 0 Å². The van der Waals surface area contributed by atoms with Crippen LogP contribution in [0.4, 0.5) is 0 Å². The maximum absolute atomic E-state index is 12.4. The summed E-state index contributed by atoms with van der Waals surface area (Å²) in [6, 6.07) is 12.6. The van der Waals surface area contributed by atoms with E-state index in [0.717, 1.165) is 11.3 Å². The fraction of sp³-hybridized carbons (Fsp3) is 0.0952. The number of imide groups is 1. The molecule has 0 bridgehead atoms. The van der Waals surface area contributed by atoms with Gasteiger partial charge >= 0.3 is 0 Å². The number of nitriles is 1. The number of benzene rings is 1. The van der Waals surface area contributed by atoms with Crippen molar-refractivity contribution in [1.82, 2.24) is 14.9 Å². The molecule has 0 unspecified atom stereocenters. The zero-order valence-electron chi connectivity index (χ0n) is 14.7. The Kier molecular flexibility index (Phi) is 4.79. The standard InChI is InChI=1S/C21H14N4O2S/c22-12-15(11-14-5-8-23-9-6-14)19-24-16(13-28-19)7-10-25-20(26)17-3-1-2-4-18(17)21(25)27/h1-6,8-9,11,13H,7,10H2. The predicted molar refractivity (Wildman–Crippen MR) is 105 cm³/mol. The number of pyridine rings is 1. The van der Waals surface area contributed by atoms with Gasteiger partial charge in [-0.15, -0.1) is 11.3 Å². The van der Waals surface area contributed by atoms with Crippen molar-refractivity contribution in [1.29, 1.82) is 5.26 Å². The summed E-state index contributed by atoms with van der Waals surface area (Å²) in [7, 11) is 0. The number of allylic oxidation sites excluding steroid dienone is 1. The molecule has 0 fully saturated rings. The second kappa shape index (κ2) is 7.55. The number of rotatable bonds is 5. The van der Waals surface area contributed by atoms with Gasteiger partial charge in [0.2, 0.25) is 0 Å². The monoisotopic (exact) mass is 386 g/mol. The third kappa shape index (κ3) is 3.33. The van der Waals surface area contributed by atoms with E-state index in [0.29, 0.717) is 28.1 Å². The Balaban J connectivity index is 1.48. The van der Waals surface area contributed by atoms with Crippen LogP contribution in [0.15, 0.2) is 54.2 Å². The lowest BCUT2D eigenvalue weighted by molar-refractivity contribution is 0.0656. The molecular weight excluding hydrogens is 372 g/mol. The molecule has 0 saturated heterocycles. The van der Waals surface area contributed by atoms with Gasteiger partial charge in [0.15, 0.2) is 0 Å². The highest BCUT2D eigenvalue weighted by Crippen LogP contribution is 2.24. The van der Waals surface area contributed by atoms with E-state index in [1.165, 1.54) is 16.2 Å². The summed E-state index contributed by atoms with van der Waals surface area (Å²) < 4.78 is 0. The number of fused-ring (bicyclic) bond motifs is 1. The van der Waals surface area contributed by atoms with Gasteiger partial charge in [-0.2, -0.15) is 5.26 Å². The van der Waals surface area contributed by atoms with Crippen LogP contribution in [0.3, 0.4) is 0 Å². The summed E-state index contributed by atoms with van der Waals surface area (Å²) in [6.45, 7) is 0.255. The number of carbonyl (C=O) groups is 2. The molecule has 136 valence electrons. The summed E-state index contributed by atoms with van der Waals surface area (Å²) in [5, 5.41) is 11.9. The van der Waals surface area contributed by atoms with Crippen LogP contribution in [0.1, 0.15) is 37.0 Å². The van der Waals surface area contributed by atoms with Gasteiger partial charge < -0.3 is 0 Å². The van der Waals surface area contributed by atoms with E-state index in [1.807, 2.05) is 17.5 Å². The van der Waals surface area contributed by atoms with Crippen LogP contribution in [-0.4, -0.2) is 33.2 Å². The third-order valence-corrected chi connectivity index (χ3v) is 5.31. The molecule has 0 N–H and O–H groups in total. The van der Waals surface area contributed by atoms with Crippen LogP contribution < -0.4 is 0 Å². The highest BCUT2D eigenvalue weighted by Gasteiger charge is 2.34. The van der Waals surface area contributed by atoms with Crippen molar-refractivity contribution in [3.8, 4) is 6.07 Å². The van der Waals surface area contributed by atoms with E-state index >= 15 is 0 Å². The molecule has 0 spiro atoms. The molecule has 0 atom stereocenters. The van der Waals surface area contributed by atoms with Crippen molar-refractivity contribution in [2.45, 2.75) is 6.42 Å². The Morgan fingerprint density at radius 1 is 1.11 bits per heavy atom. The number of carbonyl (C=O) groups excluding carboxylic acids is 2. The first-order valence-electron chi connectivity index (χ1n) is 8.59. The van der Waals surface area contributed by atoms with E-state index in [-0.39, 0.29) is 18.4 Å². The fourth-order valence-corrected chi connectivity index (χ4v) is 3.80. The minimum absolute atomic E-state index is 0.255. The lowest BCUT2D eigenvalue weighted by atomic mass is 10.1. The van der Waals surface area contributed by atoms with Crippen molar-refractivity contribution in [3.05, 3.63) is 81.6 Å². The molecule has 1 aromatic carbocycles. The van der Waals surface area contributed by atoms with Gasteiger partial charge in [0, 0.05) is 30.7 Å². The lowest BCUT2D eigenvalue weighted by Crippen LogP contribution is -2.31. The van der Waals surface area contributed by atoms with Crippen LogP contribution in [-0.2, 0) is 6.42 Å². The van der Waals surface area contributed by atoms with Gasteiger partial charge in [0.1, 0.15) is 11.1 Å². The van der Waals surface area contributed by atoms with Gasteiger partial charge in [-0.05, 0) is 35.9 Å². The number of amides is 2. The topological polar surface area (TPSA) is 86.9 Å². The molecule has 28 heavy (non-hydrogen) atoms. The number of hydrogen-bond acceptors (Lipinski definition) is 6. The van der Waals surface area contributed by atoms with Crippen LogP contribution >= 0.6 is 11.3 Å². The maximum atomic E-state index is 12.4. The quantitative estimate of drug-likeness (QED) is 0.495. The number of aromatic nitrogens is 2. The molecule has 6 nitrogen and oxygen atoms in total. The minimum atomic E-state index is -0.272. The minimum Gasteiger partial charge on any atom is -0.274 e.